The van der Waals surface area contributed by atoms with Gasteiger partial charge in [0.05, 0.1) is 0 Å². The number of hydrogen-bond acceptors (Lipinski definition) is 4. The number of hydrogen-bond donors (Lipinski definition) is 0. The molecule has 0 aromatic carbocycles. The van der Waals surface area contributed by atoms with Crippen LogP contribution in [0.25, 0.3) is 0 Å². The van der Waals surface area contributed by atoms with E-state index in [4.69, 9.17) is 18.3 Å². The first-order valence-corrected chi connectivity index (χ1v) is 7.74. The van der Waals surface area contributed by atoms with Crippen LogP contribution in [0.5, 0.6) is 0 Å². The minimum atomic E-state index is -2.15. The SMILES string of the molecule is CCC(OCCCOC)[Si](C)(OC)OC. The van der Waals surface area contributed by atoms with Crippen LogP contribution in [-0.2, 0) is 18.3 Å². The Balaban J connectivity index is 3.99. The molecule has 0 aliphatic carbocycles. The Bertz CT molecular complexity index is 150. The molecule has 0 aromatic rings. The molecule has 0 bridgehead atoms. The molecule has 0 saturated heterocycles. The van der Waals surface area contributed by atoms with Gasteiger partial charge in [0, 0.05) is 34.5 Å². The molecule has 4 nitrogen and oxygen atoms in total. The van der Waals surface area contributed by atoms with Crippen molar-refractivity contribution in [2.24, 2.45) is 0 Å². The molecule has 15 heavy (non-hydrogen) atoms. The van der Waals surface area contributed by atoms with Crippen molar-refractivity contribution in [3.63, 3.8) is 0 Å². The van der Waals surface area contributed by atoms with Crippen LogP contribution in [0, 0.1) is 0 Å². The second kappa shape index (κ2) is 8.24. The van der Waals surface area contributed by atoms with E-state index in [9.17, 15) is 0 Å². The standard InChI is InChI=1S/C10H24O4Si/c1-6-10(14-9-7-8-11-2)15(5,12-3)13-4/h10H,6-9H2,1-5H3. The molecule has 0 aliphatic rings. The Hall–Kier alpha value is 0.0569. The lowest BCUT2D eigenvalue weighted by atomic mass is 10.5. The van der Waals surface area contributed by atoms with Gasteiger partial charge in [0.1, 0.15) is 5.73 Å². The van der Waals surface area contributed by atoms with E-state index in [0.717, 1.165) is 19.4 Å². The fourth-order valence-electron chi connectivity index (χ4n) is 1.42. The monoisotopic (exact) mass is 236 g/mol. The van der Waals surface area contributed by atoms with Crippen molar-refractivity contribution in [2.75, 3.05) is 34.5 Å². The van der Waals surface area contributed by atoms with Gasteiger partial charge in [-0.15, -0.1) is 0 Å². The summed E-state index contributed by atoms with van der Waals surface area (Å²) >= 11 is 0. The van der Waals surface area contributed by atoms with Gasteiger partial charge in [-0.05, 0) is 19.4 Å². The third-order valence-electron chi connectivity index (χ3n) is 2.58. The third-order valence-corrected chi connectivity index (χ3v) is 5.94. The maximum absolute atomic E-state index is 5.77. The van der Waals surface area contributed by atoms with E-state index in [0.29, 0.717) is 6.61 Å². The second-order valence-corrected chi connectivity index (χ2v) is 7.03. The summed E-state index contributed by atoms with van der Waals surface area (Å²) in [6.07, 6.45) is 1.82. The summed E-state index contributed by atoms with van der Waals surface area (Å²) in [6.45, 7) is 5.54. The highest BCUT2D eigenvalue weighted by molar-refractivity contribution is 6.67. The van der Waals surface area contributed by atoms with E-state index >= 15 is 0 Å². The van der Waals surface area contributed by atoms with Crippen LogP contribution >= 0.6 is 0 Å². The molecule has 1 unspecified atom stereocenters. The molecule has 92 valence electrons. The van der Waals surface area contributed by atoms with Gasteiger partial charge < -0.3 is 18.3 Å². The molecule has 0 spiro atoms. The zero-order valence-corrected chi connectivity index (χ0v) is 11.5. The van der Waals surface area contributed by atoms with Crippen LogP contribution in [0.1, 0.15) is 19.8 Å². The molecule has 0 amide bonds. The lowest BCUT2D eigenvalue weighted by molar-refractivity contribution is 0.0453. The quantitative estimate of drug-likeness (QED) is 0.451. The summed E-state index contributed by atoms with van der Waals surface area (Å²) in [4.78, 5) is 0. The molecule has 0 rings (SSSR count). The fraction of sp³-hybridized carbons (Fsp3) is 1.00. The van der Waals surface area contributed by atoms with Crippen LogP contribution in [0.3, 0.4) is 0 Å². The third kappa shape index (κ3) is 5.08. The number of ether oxygens (including phenoxy) is 2. The van der Waals surface area contributed by atoms with E-state index in [2.05, 4.69) is 6.92 Å². The Morgan fingerprint density at radius 2 is 1.67 bits per heavy atom. The molecule has 0 heterocycles. The Morgan fingerprint density at radius 1 is 1.07 bits per heavy atom. The minimum Gasteiger partial charge on any atom is -0.396 e. The Kier molecular flexibility index (Phi) is 8.27. The van der Waals surface area contributed by atoms with Crippen molar-refractivity contribution >= 4 is 8.56 Å². The highest BCUT2D eigenvalue weighted by Gasteiger charge is 2.39. The average Bonchev–Trinajstić information content (AvgIpc) is 2.28. The molecule has 5 heteroatoms. The van der Waals surface area contributed by atoms with Gasteiger partial charge in [0.15, 0.2) is 0 Å². The zero-order valence-electron chi connectivity index (χ0n) is 10.5. The van der Waals surface area contributed by atoms with Crippen molar-refractivity contribution in [3.05, 3.63) is 0 Å². The van der Waals surface area contributed by atoms with Crippen LogP contribution in [-0.4, -0.2) is 48.8 Å². The van der Waals surface area contributed by atoms with Crippen molar-refractivity contribution in [3.8, 4) is 0 Å². The average molecular weight is 236 g/mol. The maximum atomic E-state index is 5.77. The van der Waals surface area contributed by atoms with Crippen LogP contribution in [0.2, 0.25) is 6.55 Å². The predicted octanol–water partition coefficient (Wildman–Crippen LogP) is 1.72. The Labute approximate surface area is 94.1 Å². The summed E-state index contributed by atoms with van der Waals surface area (Å²) in [5, 5.41) is 0. The molecule has 1 atom stereocenters. The number of rotatable bonds is 9. The summed E-state index contributed by atoms with van der Waals surface area (Å²) in [6, 6.07) is 0. The van der Waals surface area contributed by atoms with Gasteiger partial charge >= 0.3 is 8.56 Å². The first-order valence-electron chi connectivity index (χ1n) is 5.35. The fourth-order valence-corrected chi connectivity index (χ4v) is 3.27. The minimum absolute atomic E-state index is 0.0874. The molecule has 0 aliphatic heterocycles. The van der Waals surface area contributed by atoms with Crippen molar-refractivity contribution in [1.82, 2.24) is 0 Å². The molecule has 0 fully saturated rings. The van der Waals surface area contributed by atoms with E-state index in [1.165, 1.54) is 0 Å². The highest BCUT2D eigenvalue weighted by atomic mass is 28.4. The second-order valence-electron chi connectivity index (χ2n) is 3.54. The first-order chi connectivity index (χ1) is 7.14. The van der Waals surface area contributed by atoms with E-state index < -0.39 is 8.56 Å². The molecule has 0 radical (unpaired) electrons. The summed E-state index contributed by atoms with van der Waals surface area (Å²) < 4.78 is 21.7. The highest BCUT2D eigenvalue weighted by Crippen LogP contribution is 2.17. The molecular weight excluding hydrogens is 212 g/mol. The van der Waals surface area contributed by atoms with Crippen molar-refractivity contribution < 1.29 is 18.3 Å². The summed E-state index contributed by atoms with van der Waals surface area (Å²) in [7, 11) is 2.93. The first kappa shape index (κ1) is 15.1. The van der Waals surface area contributed by atoms with Crippen molar-refractivity contribution in [1.29, 1.82) is 0 Å². The van der Waals surface area contributed by atoms with Gasteiger partial charge in [0.25, 0.3) is 0 Å². The van der Waals surface area contributed by atoms with Gasteiger partial charge in [-0.25, -0.2) is 0 Å². The molecular formula is C10H24O4Si. The van der Waals surface area contributed by atoms with E-state index in [1.54, 1.807) is 21.3 Å². The number of methoxy groups -OCH3 is 1. The van der Waals surface area contributed by atoms with Gasteiger partial charge in [-0.1, -0.05) is 6.92 Å². The zero-order chi connectivity index (χ0) is 11.7. The largest absolute Gasteiger partial charge is 0.396 e. The van der Waals surface area contributed by atoms with Crippen LogP contribution < -0.4 is 0 Å². The van der Waals surface area contributed by atoms with E-state index in [1.807, 2.05) is 6.55 Å². The summed E-state index contributed by atoms with van der Waals surface area (Å²) in [5.41, 5.74) is 0.0874. The molecule has 0 saturated carbocycles. The molecule has 0 aromatic heterocycles. The molecule has 0 N–H and O–H groups in total. The summed E-state index contributed by atoms with van der Waals surface area (Å²) in [5.74, 6) is 0. The van der Waals surface area contributed by atoms with Crippen LogP contribution in [0.4, 0.5) is 0 Å². The lowest BCUT2D eigenvalue weighted by Gasteiger charge is -2.31. The van der Waals surface area contributed by atoms with Gasteiger partial charge in [0.2, 0.25) is 0 Å². The normalized spacial score (nSPS) is 14.2. The smallest absolute Gasteiger partial charge is 0.364 e. The van der Waals surface area contributed by atoms with Crippen molar-refractivity contribution in [2.45, 2.75) is 32.0 Å². The van der Waals surface area contributed by atoms with E-state index in [-0.39, 0.29) is 5.73 Å². The Morgan fingerprint density at radius 3 is 2.07 bits per heavy atom. The van der Waals surface area contributed by atoms with Gasteiger partial charge in [-0.2, -0.15) is 0 Å². The van der Waals surface area contributed by atoms with Gasteiger partial charge in [-0.3, -0.25) is 0 Å². The predicted molar refractivity (Wildman–Crippen MR) is 62.2 cm³/mol. The topological polar surface area (TPSA) is 36.9 Å². The lowest BCUT2D eigenvalue weighted by Crippen LogP contribution is -2.50. The van der Waals surface area contributed by atoms with Crippen LogP contribution in [0.15, 0.2) is 0 Å². The maximum Gasteiger partial charge on any atom is 0.364 e.